The van der Waals surface area contributed by atoms with Crippen LogP contribution in [0.25, 0.3) is 0 Å². The van der Waals surface area contributed by atoms with E-state index in [0.717, 1.165) is 19.3 Å². The van der Waals surface area contributed by atoms with Gasteiger partial charge in [-0.3, -0.25) is 0 Å². The molecule has 0 fully saturated rings. The van der Waals surface area contributed by atoms with Gasteiger partial charge in [0.05, 0.1) is 12.0 Å². The summed E-state index contributed by atoms with van der Waals surface area (Å²) in [5, 5.41) is 3.52. The van der Waals surface area contributed by atoms with E-state index in [9.17, 15) is 0 Å². The molecule has 1 unspecified atom stereocenters. The Kier molecular flexibility index (Phi) is 2.48. The summed E-state index contributed by atoms with van der Waals surface area (Å²) in [4.78, 5) is 7.63. The second kappa shape index (κ2) is 4.00. The summed E-state index contributed by atoms with van der Waals surface area (Å²) in [5.41, 5.74) is 3.92. The third kappa shape index (κ3) is 1.67. The number of nitrogens with zero attached hydrogens (tertiary/aromatic N) is 1. The van der Waals surface area contributed by atoms with Gasteiger partial charge in [-0.15, -0.1) is 0 Å². The highest BCUT2D eigenvalue weighted by Crippen LogP contribution is 2.34. The van der Waals surface area contributed by atoms with Crippen LogP contribution in [0, 0.1) is 0 Å². The first-order valence-corrected chi connectivity index (χ1v) is 6.10. The summed E-state index contributed by atoms with van der Waals surface area (Å²) in [6.45, 7) is 0. The van der Waals surface area contributed by atoms with Gasteiger partial charge >= 0.3 is 0 Å². The highest BCUT2D eigenvalue weighted by atomic mass is 15.0. The molecule has 0 amide bonds. The molecule has 0 saturated carbocycles. The Morgan fingerprint density at radius 3 is 2.88 bits per heavy atom. The minimum atomic E-state index is 0.0563. The molecule has 1 aliphatic carbocycles. The van der Waals surface area contributed by atoms with Gasteiger partial charge in [0.25, 0.3) is 0 Å². The van der Waals surface area contributed by atoms with E-state index < -0.39 is 0 Å². The van der Waals surface area contributed by atoms with Crippen molar-refractivity contribution in [2.75, 3.05) is 7.05 Å². The average molecular weight is 227 g/mol. The maximum absolute atomic E-state index is 4.37. The number of H-pyrrole nitrogens is 1. The van der Waals surface area contributed by atoms with E-state index in [1.54, 1.807) is 6.33 Å². The van der Waals surface area contributed by atoms with E-state index in [0.29, 0.717) is 0 Å². The zero-order valence-corrected chi connectivity index (χ0v) is 10.0. The molecule has 1 aromatic heterocycles. The number of hydrogen-bond donors (Lipinski definition) is 2. The summed E-state index contributed by atoms with van der Waals surface area (Å²) in [5.74, 6) is 0. The summed E-state index contributed by atoms with van der Waals surface area (Å²) < 4.78 is 0. The molecular weight excluding hydrogens is 210 g/mol. The first-order chi connectivity index (χ1) is 8.34. The number of likely N-dealkylation sites (N-methyl/N-ethyl adjacent to an activating group) is 1. The van der Waals surface area contributed by atoms with Crippen molar-refractivity contribution in [3.63, 3.8) is 0 Å². The molecule has 1 heterocycles. The lowest BCUT2D eigenvalue weighted by atomic mass is 9.77. The second-order valence-electron chi connectivity index (χ2n) is 4.70. The number of aryl methyl sites for hydroxylation is 1. The third-order valence-corrected chi connectivity index (χ3v) is 3.88. The summed E-state index contributed by atoms with van der Waals surface area (Å²) in [7, 11) is 2.05. The lowest BCUT2D eigenvalue weighted by Gasteiger charge is -2.37. The zero-order valence-electron chi connectivity index (χ0n) is 10.0. The van der Waals surface area contributed by atoms with Crippen LogP contribution < -0.4 is 5.32 Å². The Morgan fingerprint density at radius 2 is 2.12 bits per heavy atom. The van der Waals surface area contributed by atoms with Crippen molar-refractivity contribution in [1.29, 1.82) is 0 Å². The molecule has 3 nitrogen and oxygen atoms in total. The van der Waals surface area contributed by atoms with Crippen LogP contribution in [-0.4, -0.2) is 17.0 Å². The molecule has 2 N–H and O–H groups in total. The van der Waals surface area contributed by atoms with Crippen LogP contribution in [0.15, 0.2) is 36.7 Å². The number of nitrogens with one attached hydrogen (secondary N) is 2. The minimum absolute atomic E-state index is 0.0563. The molecule has 1 aromatic carbocycles. The maximum Gasteiger partial charge on any atom is 0.0925 e. The normalized spacial score (nSPS) is 23.4. The summed E-state index contributed by atoms with van der Waals surface area (Å²) >= 11 is 0. The van der Waals surface area contributed by atoms with E-state index in [4.69, 9.17) is 0 Å². The lowest BCUT2D eigenvalue weighted by molar-refractivity contribution is 0.310. The highest BCUT2D eigenvalue weighted by molar-refractivity contribution is 5.31. The Labute approximate surface area is 101 Å². The quantitative estimate of drug-likeness (QED) is 0.824. The molecule has 3 rings (SSSR count). The summed E-state index contributed by atoms with van der Waals surface area (Å²) in [6, 6.07) is 10.7. The van der Waals surface area contributed by atoms with Crippen molar-refractivity contribution in [2.24, 2.45) is 0 Å². The minimum Gasteiger partial charge on any atom is -0.348 e. The Hall–Kier alpha value is -1.61. The number of fused-ring (bicyclic) bond motifs is 1. The van der Waals surface area contributed by atoms with Crippen LogP contribution >= 0.6 is 0 Å². The predicted molar refractivity (Wildman–Crippen MR) is 67.8 cm³/mol. The maximum atomic E-state index is 4.37. The van der Waals surface area contributed by atoms with Gasteiger partial charge in [0.1, 0.15) is 0 Å². The van der Waals surface area contributed by atoms with Gasteiger partial charge < -0.3 is 10.3 Å². The van der Waals surface area contributed by atoms with Crippen molar-refractivity contribution in [1.82, 2.24) is 15.3 Å². The van der Waals surface area contributed by atoms with Gasteiger partial charge in [0.2, 0.25) is 0 Å². The van der Waals surface area contributed by atoms with E-state index in [1.165, 1.54) is 17.0 Å². The van der Waals surface area contributed by atoms with Crippen molar-refractivity contribution in [3.05, 3.63) is 53.6 Å². The van der Waals surface area contributed by atoms with Gasteiger partial charge in [-0.2, -0.15) is 0 Å². The lowest BCUT2D eigenvalue weighted by Crippen LogP contribution is -2.44. The SMILES string of the molecule is CNC1(c2ccccc2)CCc2nc[nH]c2C1. The largest absolute Gasteiger partial charge is 0.348 e. The number of rotatable bonds is 2. The predicted octanol–water partition coefficient (Wildman–Crippen LogP) is 2.01. The van der Waals surface area contributed by atoms with Gasteiger partial charge in [-0.05, 0) is 25.5 Å². The number of imidazole rings is 1. The topological polar surface area (TPSA) is 40.7 Å². The van der Waals surface area contributed by atoms with Gasteiger partial charge in [0, 0.05) is 17.7 Å². The zero-order chi connectivity index (χ0) is 11.7. The monoisotopic (exact) mass is 227 g/mol. The molecule has 88 valence electrons. The van der Waals surface area contributed by atoms with Crippen molar-refractivity contribution in [3.8, 4) is 0 Å². The smallest absolute Gasteiger partial charge is 0.0925 e. The van der Waals surface area contributed by atoms with Crippen LogP contribution in [0.2, 0.25) is 0 Å². The molecular formula is C14H17N3. The molecule has 0 spiro atoms. The standard InChI is InChI=1S/C14H17N3/c1-15-14(11-5-3-2-4-6-11)8-7-12-13(9-14)17-10-16-12/h2-6,10,15H,7-9H2,1H3,(H,16,17). The van der Waals surface area contributed by atoms with E-state index in [-0.39, 0.29) is 5.54 Å². The Bertz CT molecular complexity index is 503. The van der Waals surface area contributed by atoms with Crippen LogP contribution in [0.5, 0.6) is 0 Å². The molecule has 0 bridgehead atoms. The van der Waals surface area contributed by atoms with E-state index >= 15 is 0 Å². The molecule has 2 aromatic rings. The van der Waals surface area contributed by atoms with E-state index in [2.05, 4.69) is 45.6 Å². The van der Waals surface area contributed by atoms with Crippen molar-refractivity contribution in [2.45, 2.75) is 24.8 Å². The fourth-order valence-corrected chi connectivity index (χ4v) is 2.80. The molecule has 17 heavy (non-hydrogen) atoms. The van der Waals surface area contributed by atoms with E-state index in [1.807, 2.05) is 7.05 Å². The van der Waals surface area contributed by atoms with Crippen LogP contribution in [0.4, 0.5) is 0 Å². The summed E-state index contributed by atoms with van der Waals surface area (Å²) in [6.07, 6.45) is 4.93. The number of aromatic nitrogens is 2. The molecule has 0 saturated heterocycles. The molecule has 0 aliphatic heterocycles. The van der Waals surface area contributed by atoms with Crippen LogP contribution in [-0.2, 0) is 18.4 Å². The Morgan fingerprint density at radius 1 is 1.29 bits per heavy atom. The first-order valence-electron chi connectivity index (χ1n) is 6.10. The second-order valence-corrected chi connectivity index (χ2v) is 4.70. The van der Waals surface area contributed by atoms with Gasteiger partial charge in [-0.1, -0.05) is 30.3 Å². The molecule has 0 radical (unpaired) electrons. The number of benzene rings is 1. The number of hydrogen-bond acceptors (Lipinski definition) is 2. The third-order valence-electron chi connectivity index (χ3n) is 3.88. The van der Waals surface area contributed by atoms with Crippen LogP contribution in [0.1, 0.15) is 23.4 Å². The van der Waals surface area contributed by atoms with Gasteiger partial charge in [0.15, 0.2) is 0 Å². The Balaban J connectivity index is 2.01. The average Bonchev–Trinajstić information content (AvgIpc) is 2.86. The first kappa shape index (κ1) is 10.5. The molecule has 1 aliphatic rings. The molecule has 1 atom stereocenters. The molecule has 3 heteroatoms. The fraction of sp³-hybridized carbons (Fsp3) is 0.357. The fourth-order valence-electron chi connectivity index (χ4n) is 2.80. The van der Waals surface area contributed by atoms with Crippen molar-refractivity contribution < 1.29 is 0 Å². The van der Waals surface area contributed by atoms with Crippen molar-refractivity contribution >= 4 is 0 Å². The van der Waals surface area contributed by atoms with Crippen LogP contribution in [0.3, 0.4) is 0 Å². The highest BCUT2D eigenvalue weighted by Gasteiger charge is 2.35. The van der Waals surface area contributed by atoms with Gasteiger partial charge in [-0.25, -0.2) is 4.98 Å². The number of aromatic amines is 1.